The molecular weight excluding hydrogens is 286 g/mol. The Labute approximate surface area is 128 Å². The van der Waals surface area contributed by atoms with E-state index in [4.69, 9.17) is 21.1 Å². The molecule has 3 aromatic rings. The van der Waals surface area contributed by atoms with E-state index in [-0.39, 0.29) is 6.61 Å². The molecule has 21 heavy (non-hydrogen) atoms. The first kappa shape index (κ1) is 14.1. The van der Waals surface area contributed by atoms with E-state index in [1.54, 1.807) is 0 Å². The average molecular weight is 302 g/mol. The second-order valence-corrected chi connectivity index (χ2v) is 5.28. The fourth-order valence-corrected chi connectivity index (χ4v) is 2.66. The normalized spacial score (nSPS) is 11.1. The van der Waals surface area contributed by atoms with Crippen LogP contribution in [-0.4, -0.2) is 5.11 Å². The maximum Gasteiger partial charge on any atom is 0.199 e. The average Bonchev–Trinajstić information content (AvgIpc) is 2.83. The zero-order valence-corrected chi connectivity index (χ0v) is 12.2. The number of para-hydroxylation sites is 1. The van der Waals surface area contributed by atoms with Gasteiger partial charge in [-0.1, -0.05) is 42.5 Å². The molecule has 0 aliphatic carbocycles. The van der Waals surface area contributed by atoms with Crippen LogP contribution in [0.4, 0.5) is 0 Å². The van der Waals surface area contributed by atoms with Crippen molar-refractivity contribution in [2.24, 2.45) is 0 Å². The van der Waals surface area contributed by atoms with E-state index in [9.17, 15) is 0 Å². The van der Waals surface area contributed by atoms with Crippen LogP contribution in [0, 0.1) is 0 Å². The molecule has 1 aromatic heterocycles. The fraction of sp³-hybridized carbons (Fsp3) is 0.176. The van der Waals surface area contributed by atoms with Crippen LogP contribution in [0.2, 0.25) is 5.22 Å². The lowest BCUT2D eigenvalue weighted by Gasteiger charge is -2.06. The highest BCUT2D eigenvalue weighted by molar-refractivity contribution is 6.30. The molecule has 0 unspecified atom stereocenters. The van der Waals surface area contributed by atoms with Crippen LogP contribution in [0.25, 0.3) is 11.0 Å². The molecule has 2 N–H and O–H groups in total. The summed E-state index contributed by atoms with van der Waals surface area (Å²) in [6.45, 7) is 1.41. The molecule has 0 aliphatic rings. The second-order valence-electron chi connectivity index (χ2n) is 4.93. The number of aliphatic hydroxyl groups excluding tert-OH is 1. The van der Waals surface area contributed by atoms with E-state index in [1.807, 2.05) is 48.5 Å². The van der Waals surface area contributed by atoms with Gasteiger partial charge in [0.05, 0.1) is 6.61 Å². The van der Waals surface area contributed by atoms with Crippen molar-refractivity contribution in [2.45, 2.75) is 19.7 Å². The van der Waals surface area contributed by atoms with Gasteiger partial charge in [0.2, 0.25) is 0 Å². The van der Waals surface area contributed by atoms with Crippen LogP contribution in [-0.2, 0) is 19.7 Å². The Kier molecular flexibility index (Phi) is 4.25. The van der Waals surface area contributed by atoms with Crippen LogP contribution in [0.5, 0.6) is 0 Å². The third-order valence-electron chi connectivity index (χ3n) is 3.45. The van der Waals surface area contributed by atoms with Crippen LogP contribution in [0.3, 0.4) is 0 Å². The Morgan fingerprint density at radius 1 is 1.00 bits per heavy atom. The Hall–Kier alpha value is -1.81. The molecule has 2 aromatic carbocycles. The Balaban J connectivity index is 1.70. The van der Waals surface area contributed by atoms with Gasteiger partial charge in [-0.3, -0.25) is 0 Å². The van der Waals surface area contributed by atoms with Gasteiger partial charge in [-0.15, -0.1) is 0 Å². The number of hydrogen-bond donors (Lipinski definition) is 2. The molecule has 3 nitrogen and oxygen atoms in total. The van der Waals surface area contributed by atoms with E-state index < -0.39 is 0 Å². The minimum absolute atomic E-state index is 0.0615. The molecule has 4 heteroatoms. The van der Waals surface area contributed by atoms with E-state index in [0.717, 1.165) is 27.7 Å². The SMILES string of the molecule is OCc1cccc(CNCc2c(Cl)oc3ccccc23)c1. The molecule has 3 rings (SSSR count). The van der Waals surface area contributed by atoms with E-state index in [2.05, 4.69) is 5.32 Å². The highest BCUT2D eigenvalue weighted by atomic mass is 35.5. The number of nitrogens with one attached hydrogen (secondary N) is 1. The molecular formula is C17H16ClNO2. The van der Waals surface area contributed by atoms with Crippen molar-refractivity contribution in [3.8, 4) is 0 Å². The molecule has 0 spiro atoms. The molecule has 0 fully saturated rings. The Morgan fingerprint density at radius 2 is 1.81 bits per heavy atom. The van der Waals surface area contributed by atoms with Gasteiger partial charge in [-0.25, -0.2) is 0 Å². The van der Waals surface area contributed by atoms with Gasteiger partial charge in [-0.2, -0.15) is 0 Å². The van der Waals surface area contributed by atoms with Crippen molar-refractivity contribution < 1.29 is 9.52 Å². The molecule has 0 saturated carbocycles. The monoisotopic (exact) mass is 301 g/mol. The van der Waals surface area contributed by atoms with Crippen molar-refractivity contribution in [2.75, 3.05) is 0 Å². The lowest BCUT2D eigenvalue weighted by molar-refractivity contribution is 0.281. The minimum atomic E-state index is 0.0615. The quantitative estimate of drug-likeness (QED) is 0.752. The number of benzene rings is 2. The van der Waals surface area contributed by atoms with E-state index in [1.165, 1.54) is 0 Å². The predicted octanol–water partition coefficient (Wildman–Crippen LogP) is 3.87. The number of aliphatic hydroxyl groups is 1. The summed E-state index contributed by atoms with van der Waals surface area (Å²) in [7, 11) is 0. The van der Waals surface area contributed by atoms with Crippen molar-refractivity contribution in [1.29, 1.82) is 0 Å². The summed E-state index contributed by atoms with van der Waals surface area (Å²) in [5, 5.41) is 14.0. The van der Waals surface area contributed by atoms with Crippen molar-refractivity contribution >= 4 is 22.6 Å². The van der Waals surface area contributed by atoms with Gasteiger partial charge in [-0.05, 0) is 28.8 Å². The van der Waals surface area contributed by atoms with Crippen molar-refractivity contribution in [1.82, 2.24) is 5.32 Å². The first-order valence-corrected chi connectivity index (χ1v) is 7.21. The molecule has 0 atom stereocenters. The molecule has 1 heterocycles. The minimum Gasteiger partial charge on any atom is -0.444 e. The number of fused-ring (bicyclic) bond motifs is 1. The van der Waals surface area contributed by atoms with Gasteiger partial charge in [0.25, 0.3) is 0 Å². The van der Waals surface area contributed by atoms with Gasteiger partial charge in [0, 0.05) is 24.0 Å². The first-order valence-electron chi connectivity index (χ1n) is 6.83. The standard InChI is InChI=1S/C17H16ClNO2/c18-17-15(14-6-1-2-7-16(14)21-17)10-19-9-12-4-3-5-13(8-12)11-20/h1-8,19-20H,9-11H2. The summed E-state index contributed by atoms with van der Waals surface area (Å²) in [5.41, 5.74) is 3.83. The van der Waals surface area contributed by atoms with Gasteiger partial charge in [0.1, 0.15) is 5.58 Å². The predicted molar refractivity (Wildman–Crippen MR) is 84.1 cm³/mol. The largest absolute Gasteiger partial charge is 0.444 e. The Bertz CT molecular complexity index is 751. The van der Waals surface area contributed by atoms with Crippen LogP contribution >= 0.6 is 11.6 Å². The highest BCUT2D eigenvalue weighted by Crippen LogP contribution is 2.29. The van der Waals surface area contributed by atoms with Crippen LogP contribution in [0.15, 0.2) is 52.9 Å². The van der Waals surface area contributed by atoms with Crippen molar-refractivity contribution in [3.63, 3.8) is 0 Å². The summed E-state index contributed by atoms with van der Waals surface area (Å²) in [6.07, 6.45) is 0. The third-order valence-corrected chi connectivity index (χ3v) is 3.76. The number of furan rings is 1. The summed E-state index contributed by atoms with van der Waals surface area (Å²) < 4.78 is 5.53. The van der Waals surface area contributed by atoms with Crippen LogP contribution < -0.4 is 5.32 Å². The van der Waals surface area contributed by atoms with Crippen molar-refractivity contribution in [3.05, 3.63) is 70.4 Å². The summed E-state index contributed by atoms with van der Waals surface area (Å²) in [5.74, 6) is 0. The summed E-state index contributed by atoms with van der Waals surface area (Å²) >= 11 is 6.16. The maximum atomic E-state index is 9.14. The highest BCUT2D eigenvalue weighted by Gasteiger charge is 2.11. The second kappa shape index (κ2) is 6.31. The lowest BCUT2D eigenvalue weighted by Crippen LogP contribution is -2.12. The molecule has 0 saturated heterocycles. The number of halogens is 1. The van der Waals surface area contributed by atoms with E-state index >= 15 is 0 Å². The van der Waals surface area contributed by atoms with Gasteiger partial charge < -0.3 is 14.8 Å². The maximum absolute atomic E-state index is 9.14. The topological polar surface area (TPSA) is 45.4 Å². The Morgan fingerprint density at radius 3 is 2.67 bits per heavy atom. The zero-order valence-electron chi connectivity index (χ0n) is 11.5. The first-order chi connectivity index (χ1) is 10.3. The molecule has 0 radical (unpaired) electrons. The summed E-state index contributed by atoms with van der Waals surface area (Å²) in [4.78, 5) is 0. The summed E-state index contributed by atoms with van der Waals surface area (Å²) in [6, 6.07) is 15.7. The number of hydrogen-bond acceptors (Lipinski definition) is 3. The fourth-order valence-electron chi connectivity index (χ4n) is 2.40. The number of rotatable bonds is 5. The zero-order chi connectivity index (χ0) is 14.7. The molecule has 0 bridgehead atoms. The van der Waals surface area contributed by atoms with Gasteiger partial charge in [0.15, 0.2) is 5.22 Å². The van der Waals surface area contributed by atoms with Gasteiger partial charge >= 0.3 is 0 Å². The van der Waals surface area contributed by atoms with E-state index in [0.29, 0.717) is 18.3 Å². The molecule has 0 amide bonds. The molecule has 108 valence electrons. The third kappa shape index (κ3) is 3.10. The van der Waals surface area contributed by atoms with Crippen LogP contribution in [0.1, 0.15) is 16.7 Å². The molecule has 0 aliphatic heterocycles. The lowest BCUT2D eigenvalue weighted by atomic mass is 10.1. The smallest absolute Gasteiger partial charge is 0.199 e.